The molecule has 0 bridgehead atoms. The van der Waals surface area contributed by atoms with Gasteiger partial charge in [-0.25, -0.2) is 9.78 Å². The predicted molar refractivity (Wildman–Crippen MR) is 130 cm³/mol. The zero-order chi connectivity index (χ0) is 21.7. The number of aromatic nitrogens is 1. The highest BCUT2D eigenvalue weighted by Crippen LogP contribution is 2.34. The molecule has 3 rings (SSSR count). The molecule has 0 saturated carbocycles. The number of aryl methyl sites for hydroxylation is 2. The number of amides is 1. The minimum absolute atomic E-state index is 0.396. The van der Waals surface area contributed by atoms with E-state index in [-0.39, 0.29) is 0 Å². The number of nitrogens with one attached hydrogen (secondary N) is 1. The maximum absolute atomic E-state index is 11.9. The fourth-order valence-corrected chi connectivity index (χ4v) is 4.76. The van der Waals surface area contributed by atoms with Gasteiger partial charge in [0.05, 0.1) is 0 Å². The number of carbonyl (C=O) groups is 1. The van der Waals surface area contributed by atoms with Gasteiger partial charge in [0.25, 0.3) is 0 Å². The van der Waals surface area contributed by atoms with Crippen molar-refractivity contribution < 1.29 is 9.53 Å². The van der Waals surface area contributed by atoms with Gasteiger partial charge in [-0.1, -0.05) is 34.1 Å². The van der Waals surface area contributed by atoms with Gasteiger partial charge >= 0.3 is 6.09 Å². The van der Waals surface area contributed by atoms with Gasteiger partial charge < -0.3 is 10.1 Å². The van der Waals surface area contributed by atoms with Crippen molar-refractivity contribution in [2.24, 2.45) is 0 Å². The zero-order valence-corrected chi connectivity index (χ0v) is 20.5. The number of hydrogen-bond acceptors (Lipinski definition) is 4. The third kappa shape index (κ3) is 6.05. The summed E-state index contributed by atoms with van der Waals surface area (Å²) >= 11 is 5.30. The monoisotopic (exact) mass is 488 g/mol. The normalized spacial score (nSPS) is 11.6. The van der Waals surface area contributed by atoms with Crippen LogP contribution in [0.25, 0.3) is 21.3 Å². The van der Waals surface area contributed by atoms with Crippen molar-refractivity contribution >= 4 is 43.6 Å². The van der Waals surface area contributed by atoms with E-state index in [1.807, 2.05) is 27.0 Å². The number of benzene rings is 1. The van der Waals surface area contributed by atoms with Crippen molar-refractivity contribution in [3.63, 3.8) is 0 Å². The molecule has 160 valence electrons. The molecule has 0 atom stereocenters. The number of rotatable bonds is 7. The van der Waals surface area contributed by atoms with E-state index in [1.165, 1.54) is 34.2 Å². The lowest BCUT2D eigenvalue weighted by Crippen LogP contribution is -2.32. The Morgan fingerprint density at radius 1 is 1.20 bits per heavy atom. The van der Waals surface area contributed by atoms with Crippen LogP contribution < -0.4 is 5.32 Å². The maximum Gasteiger partial charge on any atom is 0.407 e. The first-order chi connectivity index (χ1) is 14.3. The fraction of sp³-hybridized carbons (Fsp3) is 0.417. The van der Waals surface area contributed by atoms with Crippen molar-refractivity contribution in [1.29, 1.82) is 0 Å². The largest absolute Gasteiger partial charge is 0.444 e. The van der Waals surface area contributed by atoms with Crippen LogP contribution in [0.3, 0.4) is 0 Å². The molecule has 0 aliphatic carbocycles. The molecule has 0 aliphatic rings. The topological polar surface area (TPSA) is 51.2 Å². The van der Waals surface area contributed by atoms with Gasteiger partial charge in [0.15, 0.2) is 0 Å². The van der Waals surface area contributed by atoms with Crippen molar-refractivity contribution in [1.82, 2.24) is 10.3 Å². The number of nitrogens with zero attached hydrogens (tertiary/aromatic N) is 1. The molecule has 1 amide bonds. The summed E-state index contributed by atoms with van der Waals surface area (Å²) in [6.45, 7) is 8.11. The Morgan fingerprint density at radius 2 is 2.00 bits per heavy atom. The summed E-state index contributed by atoms with van der Waals surface area (Å²) in [5.74, 6) is 0. The summed E-state index contributed by atoms with van der Waals surface area (Å²) in [7, 11) is 0. The lowest BCUT2D eigenvalue weighted by atomic mass is 9.98. The Balaban J connectivity index is 1.77. The Hall–Kier alpha value is -1.92. The van der Waals surface area contributed by atoms with Crippen LogP contribution in [-0.2, 0) is 17.7 Å². The third-order valence-electron chi connectivity index (χ3n) is 4.77. The standard InChI is InChI=1S/C24H29BrN2O2S/c1-16-13-17(8-9-18(16)15-27-23(28)29-24(2,3)4)20-10-12-26-22-21(20)14-19(30-22)7-5-6-11-25/h8-10,12-14H,5-7,11,15H2,1-4H3,(H,27,28). The highest BCUT2D eigenvalue weighted by Gasteiger charge is 2.16. The van der Waals surface area contributed by atoms with Crippen molar-refractivity contribution in [2.45, 2.75) is 59.1 Å². The lowest BCUT2D eigenvalue weighted by Gasteiger charge is -2.20. The molecule has 0 saturated heterocycles. The highest BCUT2D eigenvalue weighted by atomic mass is 79.9. The number of halogens is 1. The molecule has 2 aromatic heterocycles. The smallest absolute Gasteiger partial charge is 0.407 e. The number of alkyl halides is 1. The van der Waals surface area contributed by atoms with Crippen LogP contribution in [0.2, 0.25) is 0 Å². The second-order valence-electron chi connectivity index (χ2n) is 8.43. The molecule has 0 unspecified atom stereocenters. The van der Waals surface area contributed by atoms with Crippen LogP contribution in [0, 0.1) is 6.92 Å². The van der Waals surface area contributed by atoms with E-state index in [4.69, 9.17) is 4.74 Å². The highest BCUT2D eigenvalue weighted by molar-refractivity contribution is 9.09. The number of unbranched alkanes of at least 4 members (excludes halogenated alkanes) is 1. The molecule has 6 heteroatoms. The molecule has 0 spiro atoms. The predicted octanol–water partition coefficient (Wildman–Crippen LogP) is 7.01. The van der Waals surface area contributed by atoms with Crippen LogP contribution in [0.1, 0.15) is 49.6 Å². The first-order valence-corrected chi connectivity index (χ1v) is 12.2. The number of hydrogen-bond donors (Lipinski definition) is 1. The first kappa shape index (κ1) is 22.8. The van der Waals surface area contributed by atoms with Crippen molar-refractivity contribution in [3.8, 4) is 11.1 Å². The molecule has 30 heavy (non-hydrogen) atoms. The van der Waals surface area contributed by atoms with Crippen LogP contribution in [-0.4, -0.2) is 22.0 Å². The molecule has 0 radical (unpaired) electrons. The number of ether oxygens (including phenoxy) is 1. The van der Waals surface area contributed by atoms with Crippen molar-refractivity contribution in [2.75, 3.05) is 5.33 Å². The van der Waals surface area contributed by atoms with Crippen LogP contribution >= 0.6 is 27.3 Å². The number of alkyl carbamates (subject to hydrolysis) is 1. The van der Waals surface area contributed by atoms with E-state index in [0.29, 0.717) is 6.54 Å². The molecular weight excluding hydrogens is 460 g/mol. The molecule has 0 aliphatic heterocycles. The second kappa shape index (κ2) is 9.92. The van der Waals surface area contributed by atoms with E-state index in [1.54, 1.807) is 11.3 Å². The van der Waals surface area contributed by atoms with Gasteiger partial charge in [0, 0.05) is 28.3 Å². The summed E-state index contributed by atoms with van der Waals surface area (Å²) in [5.41, 5.74) is 4.10. The lowest BCUT2D eigenvalue weighted by molar-refractivity contribution is 0.0523. The van der Waals surface area contributed by atoms with E-state index < -0.39 is 11.7 Å². The molecule has 0 fully saturated rings. The van der Waals surface area contributed by atoms with E-state index in [2.05, 4.69) is 63.5 Å². The van der Waals surface area contributed by atoms with Crippen LogP contribution in [0.15, 0.2) is 36.5 Å². The van der Waals surface area contributed by atoms with Gasteiger partial charge in [-0.2, -0.15) is 0 Å². The molecule has 1 N–H and O–H groups in total. The number of carbonyl (C=O) groups excluding carboxylic acids is 1. The van der Waals surface area contributed by atoms with Gasteiger partial charge in [-0.3, -0.25) is 0 Å². The van der Waals surface area contributed by atoms with Crippen LogP contribution in [0.4, 0.5) is 4.79 Å². The summed E-state index contributed by atoms with van der Waals surface area (Å²) in [6, 6.07) is 10.8. The Bertz CT molecular complexity index is 1020. The SMILES string of the molecule is Cc1cc(-c2ccnc3sc(CCCCBr)cc23)ccc1CNC(=O)OC(C)(C)C. The number of fused-ring (bicyclic) bond motifs is 1. The van der Waals surface area contributed by atoms with Crippen molar-refractivity contribution in [3.05, 3.63) is 52.5 Å². The quantitative estimate of drug-likeness (QED) is 0.287. The molecule has 1 aromatic carbocycles. The third-order valence-corrected chi connectivity index (χ3v) is 6.43. The van der Waals surface area contributed by atoms with E-state index in [9.17, 15) is 4.79 Å². The second-order valence-corrected chi connectivity index (χ2v) is 10.3. The minimum Gasteiger partial charge on any atom is -0.444 e. The number of pyridine rings is 1. The average Bonchev–Trinajstić information content (AvgIpc) is 3.08. The zero-order valence-electron chi connectivity index (χ0n) is 18.0. The van der Waals surface area contributed by atoms with Gasteiger partial charge in [0.1, 0.15) is 10.4 Å². The fourth-order valence-electron chi connectivity index (χ4n) is 3.30. The van der Waals surface area contributed by atoms with Crippen LogP contribution in [0.5, 0.6) is 0 Å². The molecular formula is C24H29BrN2O2S. The summed E-state index contributed by atoms with van der Waals surface area (Å²) in [6.07, 6.45) is 4.97. The van der Waals surface area contributed by atoms with Gasteiger partial charge in [0.2, 0.25) is 0 Å². The first-order valence-electron chi connectivity index (χ1n) is 10.3. The molecule has 3 aromatic rings. The summed E-state index contributed by atoms with van der Waals surface area (Å²) in [5, 5.41) is 5.11. The Labute approximate surface area is 191 Å². The number of thiophene rings is 1. The summed E-state index contributed by atoms with van der Waals surface area (Å²) < 4.78 is 5.32. The Kier molecular flexibility index (Phi) is 7.53. The van der Waals surface area contributed by atoms with E-state index >= 15 is 0 Å². The average molecular weight is 489 g/mol. The van der Waals surface area contributed by atoms with E-state index in [0.717, 1.165) is 27.7 Å². The van der Waals surface area contributed by atoms with Gasteiger partial charge in [-0.15, -0.1) is 11.3 Å². The molecule has 4 nitrogen and oxygen atoms in total. The van der Waals surface area contributed by atoms with Gasteiger partial charge in [-0.05, 0) is 81.3 Å². The minimum atomic E-state index is -0.497. The summed E-state index contributed by atoms with van der Waals surface area (Å²) in [4.78, 5) is 19.0. The molecule has 2 heterocycles. The Morgan fingerprint density at radius 3 is 2.70 bits per heavy atom. The maximum atomic E-state index is 11.9.